The molecular weight excluding hydrogens is 1160 g/mol. The van der Waals surface area contributed by atoms with E-state index < -0.39 is 18.0 Å². The van der Waals surface area contributed by atoms with Crippen molar-refractivity contribution in [3.05, 3.63) is 97.2 Å². The first-order chi connectivity index (χ1) is 46.2. The summed E-state index contributed by atoms with van der Waals surface area (Å²) in [5.74, 6) is -0.966. The summed E-state index contributed by atoms with van der Waals surface area (Å²) in [6, 6.07) is -0.140. The number of hydrogen-bond donors (Lipinski definition) is 1. The molecule has 2 fully saturated rings. The molecular formula is C85H151N3O6. The van der Waals surface area contributed by atoms with Crippen LogP contribution in [0.1, 0.15) is 349 Å². The average molecular weight is 1310 g/mol. The van der Waals surface area contributed by atoms with E-state index >= 15 is 0 Å². The minimum absolute atomic E-state index is 0.0803. The number of carbonyl (C=O) groups is 2. The highest BCUT2D eigenvalue weighted by Gasteiger charge is 2.49. The number of ether oxygens (including phenoxy) is 4. The number of nitrogens with one attached hydrogen (secondary N) is 1. The van der Waals surface area contributed by atoms with E-state index in [1.165, 1.54) is 205 Å². The molecule has 9 heteroatoms. The first kappa shape index (κ1) is 86.7. The van der Waals surface area contributed by atoms with Gasteiger partial charge in [-0.1, -0.05) is 266 Å². The highest BCUT2D eigenvalue weighted by atomic mass is 16.8. The third-order valence-corrected chi connectivity index (χ3v) is 19.1. The predicted octanol–water partition coefficient (Wildman–Crippen LogP) is 23.8. The largest absolute Gasteiger partial charge is 0.457 e. The van der Waals surface area contributed by atoms with Crippen molar-refractivity contribution in [2.45, 2.75) is 385 Å². The SMILES string of the molecule is CCCCCC=CCC=CCCCCCCCCC1(CCCCCCCCC=CCC=CCCCCC)OC(CNC)C(CN(C)CC2C(OC(=O)CCCCCCCC=CCC=CCCCCC)C(OC(=O)CCCCCCCC=CCC=CCCCCC)CN2C)O1. The third kappa shape index (κ3) is 49.2. The van der Waals surface area contributed by atoms with Crippen molar-refractivity contribution >= 4 is 11.9 Å². The van der Waals surface area contributed by atoms with E-state index in [1.807, 2.05) is 7.05 Å². The fourth-order valence-corrected chi connectivity index (χ4v) is 13.2. The number of esters is 2. The Morgan fingerprint density at radius 1 is 0.415 bits per heavy atom. The average Bonchev–Trinajstić information content (AvgIpc) is 1.66. The van der Waals surface area contributed by atoms with Crippen molar-refractivity contribution in [3.63, 3.8) is 0 Å². The summed E-state index contributed by atoms with van der Waals surface area (Å²) in [7, 11) is 6.29. The molecule has 2 heterocycles. The first-order valence-electron chi connectivity index (χ1n) is 40.2. The normalized spacial score (nSPS) is 19.9. The lowest BCUT2D eigenvalue weighted by Gasteiger charge is -2.32. The monoisotopic (exact) mass is 1310 g/mol. The van der Waals surface area contributed by atoms with Crippen LogP contribution < -0.4 is 5.32 Å². The zero-order chi connectivity index (χ0) is 67.7. The Morgan fingerprint density at radius 3 is 1.07 bits per heavy atom. The van der Waals surface area contributed by atoms with Gasteiger partial charge in [-0.3, -0.25) is 14.5 Å². The lowest BCUT2D eigenvalue weighted by atomic mass is 9.98. The number of likely N-dealkylation sites (N-methyl/N-ethyl adjacent to an activating group) is 3. The van der Waals surface area contributed by atoms with Crippen molar-refractivity contribution in [2.75, 3.05) is 47.3 Å². The van der Waals surface area contributed by atoms with Gasteiger partial charge in [-0.25, -0.2) is 0 Å². The molecule has 0 amide bonds. The van der Waals surface area contributed by atoms with Crippen LogP contribution in [0.25, 0.3) is 0 Å². The lowest BCUT2D eigenvalue weighted by Crippen LogP contribution is -2.48. The second-order valence-electron chi connectivity index (χ2n) is 28.1. The first-order valence-corrected chi connectivity index (χ1v) is 40.2. The van der Waals surface area contributed by atoms with E-state index in [0.29, 0.717) is 32.5 Å². The van der Waals surface area contributed by atoms with Crippen LogP contribution >= 0.6 is 0 Å². The van der Waals surface area contributed by atoms with E-state index in [0.717, 1.165) is 109 Å². The van der Waals surface area contributed by atoms with Gasteiger partial charge in [0.1, 0.15) is 12.2 Å². The lowest BCUT2D eigenvalue weighted by molar-refractivity contribution is -0.187. The van der Waals surface area contributed by atoms with E-state index in [1.54, 1.807) is 0 Å². The van der Waals surface area contributed by atoms with Gasteiger partial charge in [0.15, 0.2) is 18.0 Å². The zero-order valence-corrected chi connectivity index (χ0v) is 62.7. The van der Waals surface area contributed by atoms with Crippen molar-refractivity contribution < 1.29 is 28.5 Å². The van der Waals surface area contributed by atoms with E-state index in [2.05, 4.69) is 154 Å². The van der Waals surface area contributed by atoms with Crippen molar-refractivity contribution in [1.82, 2.24) is 15.1 Å². The molecule has 0 aromatic heterocycles. The molecule has 2 aliphatic rings. The van der Waals surface area contributed by atoms with Gasteiger partial charge in [0.2, 0.25) is 0 Å². The smallest absolute Gasteiger partial charge is 0.306 e. The van der Waals surface area contributed by atoms with Crippen LogP contribution in [0, 0.1) is 0 Å². The molecule has 94 heavy (non-hydrogen) atoms. The minimum Gasteiger partial charge on any atom is -0.457 e. The maximum Gasteiger partial charge on any atom is 0.306 e. The minimum atomic E-state index is -0.594. The van der Waals surface area contributed by atoms with Crippen LogP contribution in [0.2, 0.25) is 0 Å². The molecule has 0 aromatic rings. The molecule has 2 aliphatic heterocycles. The molecule has 2 rings (SSSR count). The number of nitrogens with zero attached hydrogens (tertiary/aromatic N) is 2. The molecule has 5 atom stereocenters. The quantitative estimate of drug-likeness (QED) is 0.0363. The second kappa shape index (κ2) is 64.3. The van der Waals surface area contributed by atoms with E-state index in [-0.39, 0.29) is 30.2 Å². The third-order valence-electron chi connectivity index (χ3n) is 19.1. The number of unbranched alkanes of at least 4 members (excludes halogenated alkanes) is 34. The Balaban J connectivity index is 2.08. The Labute approximate surface area is 582 Å². The number of allylic oxidation sites excluding steroid dienone is 16. The highest BCUT2D eigenvalue weighted by Crippen LogP contribution is 2.39. The molecule has 0 saturated carbocycles. The summed E-state index contributed by atoms with van der Waals surface area (Å²) in [5, 5.41) is 3.46. The van der Waals surface area contributed by atoms with Crippen LogP contribution in [-0.2, 0) is 28.5 Å². The molecule has 2 saturated heterocycles. The number of hydrogen-bond acceptors (Lipinski definition) is 9. The standard InChI is InChI=1S/C85H151N3O6/c1-8-12-16-20-24-28-32-36-40-44-48-52-56-60-64-68-72-85(73-69-65-61-57-53-49-45-41-37-33-29-25-21-17-13-9-2)93-79(74-86-5)80(94-85)76-87(6)75-78-84(92-83(90)71-67-63-59-55-51-47-43-39-35-31-27-23-19-15-11-4)81(77-88(78)7)91-82(89)70-66-62-58-54-50-46-42-38-34-30-26-22-18-14-10-3/h24-31,36-43,78-81,84,86H,8-23,32-35,44-77H2,1-7H3. The van der Waals surface area contributed by atoms with Gasteiger partial charge < -0.3 is 29.2 Å². The molecule has 0 radical (unpaired) electrons. The second-order valence-corrected chi connectivity index (χ2v) is 28.1. The summed E-state index contributed by atoms with van der Waals surface area (Å²) in [4.78, 5) is 32.1. The maximum absolute atomic E-state index is 13.8. The summed E-state index contributed by atoms with van der Waals surface area (Å²) in [5.41, 5.74) is 0. The summed E-state index contributed by atoms with van der Waals surface area (Å²) < 4.78 is 27.3. The fourth-order valence-electron chi connectivity index (χ4n) is 13.2. The van der Waals surface area contributed by atoms with Gasteiger partial charge in [-0.2, -0.15) is 0 Å². The Bertz CT molecular complexity index is 1920. The van der Waals surface area contributed by atoms with Gasteiger partial charge >= 0.3 is 11.9 Å². The fraction of sp³-hybridized carbons (Fsp3) is 0.788. The molecule has 0 spiro atoms. The molecule has 0 bridgehead atoms. The number of likely N-dealkylation sites (tertiary alicyclic amines) is 1. The summed E-state index contributed by atoms with van der Waals surface area (Å²) in [6.45, 7) is 11.6. The predicted molar refractivity (Wildman–Crippen MR) is 407 cm³/mol. The Hall–Kier alpha value is -3.34. The van der Waals surface area contributed by atoms with Gasteiger partial charge in [0.25, 0.3) is 0 Å². The van der Waals surface area contributed by atoms with E-state index in [4.69, 9.17) is 18.9 Å². The molecule has 0 aromatic carbocycles. The topological polar surface area (TPSA) is 89.6 Å². The summed E-state index contributed by atoms with van der Waals surface area (Å²) >= 11 is 0. The Morgan fingerprint density at radius 2 is 0.723 bits per heavy atom. The number of rotatable bonds is 66. The van der Waals surface area contributed by atoms with Gasteiger partial charge in [0, 0.05) is 51.9 Å². The van der Waals surface area contributed by atoms with E-state index in [9.17, 15) is 9.59 Å². The molecule has 1 N–H and O–H groups in total. The van der Waals surface area contributed by atoms with Crippen molar-refractivity contribution in [3.8, 4) is 0 Å². The maximum atomic E-state index is 13.8. The van der Waals surface area contributed by atoms with Crippen LogP contribution in [0.3, 0.4) is 0 Å². The zero-order valence-electron chi connectivity index (χ0n) is 62.7. The summed E-state index contributed by atoms with van der Waals surface area (Å²) in [6.07, 6.45) is 93.1. The van der Waals surface area contributed by atoms with Crippen LogP contribution in [0.4, 0.5) is 0 Å². The Kier molecular flexibility index (Phi) is 59.4. The van der Waals surface area contributed by atoms with Crippen LogP contribution in [0.15, 0.2) is 97.2 Å². The van der Waals surface area contributed by atoms with Crippen molar-refractivity contribution in [2.24, 2.45) is 0 Å². The number of carbonyl (C=O) groups excluding carboxylic acids is 2. The molecule has 542 valence electrons. The van der Waals surface area contributed by atoms with Gasteiger partial charge in [-0.05, 0) is 175 Å². The molecule has 0 aliphatic carbocycles. The van der Waals surface area contributed by atoms with Crippen LogP contribution in [-0.4, -0.2) is 105 Å². The van der Waals surface area contributed by atoms with Crippen molar-refractivity contribution in [1.29, 1.82) is 0 Å². The molecule has 5 unspecified atom stereocenters. The van der Waals surface area contributed by atoms with Crippen LogP contribution in [0.5, 0.6) is 0 Å². The van der Waals surface area contributed by atoms with Gasteiger partial charge in [-0.15, -0.1) is 0 Å². The molecule has 9 nitrogen and oxygen atoms in total. The highest BCUT2D eigenvalue weighted by molar-refractivity contribution is 5.71. The van der Waals surface area contributed by atoms with Gasteiger partial charge in [0.05, 0.1) is 6.04 Å².